The van der Waals surface area contributed by atoms with Gasteiger partial charge in [0.05, 0.1) is 22.2 Å². The Bertz CT molecular complexity index is 838. The standard InChI is InChI=1S/C11H10N2O6S.2Na/c1-6-9(11(15)16)12-13(10(6)14)7-2-4-8(5-3-7)20(17,18)19;;/h2-5,12H,1H3,(H,15,16)(H,17,18,19);;/q;2*+1/p-2. The zero-order chi connectivity index (χ0) is 15.1. The Labute approximate surface area is 169 Å². The van der Waals surface area contributed by atoms with Gasteiger partial charge in [-0.1, -0.05) is 0 Å². The van der Waals surface area contributed by atoms with Gasteiger partial charge in [-0.3, -0.25) is 9.89 Å². The molecule has 0 unspecified atom stereocenters. The van der Waals surface area contributed by atoms with E-state index in [4.69, 9.17) is 0 Å². The SMILES string of the molecule is Cc1c(C(=O)[O-])[nH]n(-c2ccc(S(=O)(=O)[O-])cc2)c1=O.[Na+].[Na+]. The number of rotatable bonds is 3. The minimum Gasteiger partial charge on any atom is -0.744 e. The zero-order valence-electron chi connectivity index (χ0n) is 12.1. The number of aromatic nitrogens is 2. The maximum absolute atomic E-state index is 11.8. The van der Waals surface area contributed by atoms with E-state index in [0.717, 1.165) is 16.8 Å². The van der Waals surface area contributed by atoms with Crippen molar-refractivity contribution in [2.24, 2.45) is 0 Å². The molecular formula is C11H8N2Na2O6S. The molecule has 2 aromatic rings. The fourth-order valence-corrected chi connectivity index (χ4v) is 2.13. The molecule has 0 aliphatic heterocycles. The fraction of sp³-hybridized carbons (Fsp3) is 0.0909. The van der Waals surface area contributed by atoms with Gasteiger partial charge in [0.2, 0.25) is 0 Å². The molecule has 0 amide bonds. The van der Waals surface area contributed by atoms with Crippen LogP contribution in [0.4, 0.5) is 0 Å². The van der Waals surface area contributed by atoms with Crippen molar-refractivity contribution in [2.45, 2.75) is 11.8 Å². The van der Waals surface area contributed by atoms with Crippen LogP contribution in [0.5, 0.6) is 0 Å². The van der Waals surface area contributed by atoms with Crippen molar-refractivity contribution in [3.8, 4) is 5.69 Å². The predicted molar refractivity (Wildman–Crippen MR) is 63.4 cm³/mol. The van der Waals surface area contributed by atoms with Gasteiger partial charge in [-0.2, -0.15) is 0 Å². The molecule has 0 radical (unpaired) electrons. The van der Waals surface area contributed by atoms with Gasteiger partial charge >= 0.3 is 59.1 Å². The third kappa shape index (κ3) is 4.33. The number of carbonyl (C=O) groups is 1. The number of nitrogens with zero attached hydrogens (tertiary/aromatic N) is 1. The number of carbonyl (C=O) groups excluding carboxylic acids is 1. The molecule has 0 saturated carbocycles. The molecule has 0 aliphatic rings. The number of benzene rings is 1. The molecule has 0 bridgehead atoms. The molecule has 1 aromatic heterocycles. The number of aromatic carboxylic acids is 1. The van der Waals surface area contributed by atoms with Crippen LogP contribution in [-0.2, 0) is 10.1 Å². The number of hydrogen-bond donors (Lipinski definition) is 1. The Morgan fingerprint density at radius 2 is 1.68 bits per heavy atom. The predicted octanol–water partition coefficient (Wildman–Crippen LogP) is -7.25. The van der Waals surface area contributed by atoms with Crippen molar-refractivity contribution >= 4 is 16.1 Å². The monoisotopic (exact) mass is 342 g/mol. The second-order valence-electron chi connectivity index (χ2n) is 3.99. The van der Waals surface area contributed by atoms with E-state index in [2.05, 4.69) is 5.10 Å². The van der Waals surface area contributed by atoms with Gasteiger partial charge in [0.15, 0.2) is 0 Å². The summed E-state index contributed by atoms with van der Waals surface area (Å²) in [5.41, 5.74) is -0.819. The van der Waals surface area contributed by atoms with Crippen LogP contribution in [0.2, 0.25) is 0 Å². The average Bonchev–Trinajstić information content (AvgIpc) is 2.66. The summed E-state index contributed by atoms with van der Waals surface area (Å²) in [6, 6.07) is 4.47. The Morgan fingerprint density at radius 3 is 2.05 bits per heavy atom. The van der Waals surface area contributed by atoms with Crippen LogP contribution in [0.15, 0.2) is 34.0 Å². The van der Waals surface area contributed by atoms with Crippen molar-refractivity contribution < 1.29 is 82.0 Å². The third-order valence-electron chi connectivity index (χ3n) is 2.71. The first-order valence-corrected chi connectivity index (χ1v) is 6.72. The third-order valence-corrected chi connectivity index (χ3v) is 3.56. The van der Waals surface area contributed by atoms with Gasteiger partial charge in [0.25, 0.3) is 5.56 Å². The van der Waals surface area contributed by atoms with Gasteiger partial charge in [0.1, 0.15) is 10.1 Å². The molecule has 1 aromatic carbocycles. The second-order valence-corrected chi connectivity index (χ2v) is 5.37. The van der Waals surface area contributed by atoms with E-state index in [1.807, 2.05) is 0 Å². The summed E-state index contributed by atoms with van der Waals surface area (Å²) in [6.45, 7) is 1.32. The van der Waals surface area contributed by atoms with Crippen molar-refractivity contribution in [1.82, 2.24) is 9.78 Å². The van der Waals surface area contributed by atoms with Crippen molar-refractivity contribution in [3.63, 3.8) is 0 Å². The summed E-state index contributed by atoms with van der Waals surface area (Å²) in [5, 5.41) is 13.1. The Balaban J connectivity index is 0.00000220. The van der Waals surface area contributed by atoms with Crippen LogP contribution in [-0.4, -0.2) is 28.7 Å². The Kier molecular flexibility index (Phi) is 7.79. The average molecular weight is 342 g/mol. The van der Waals surface area contributed by atoms with E-state index in [0.29, 0.717) is 0 Å². The van der Waals surface area contributed by atoms with Gasteiger partial charge in [-0.15, -0.1) is 0 Å². The number of nitrogens with one attached hydrogen (secondary N) is 1. The molecule has 106 valence electrons. The maximum atomic E-state index is 11.8. The van der Waals surface area contributed by atoms with Gasteiger partial charge in [-0.25, -0.2) is 13.1 Å². The van der Waals surface area contributed by atoms with Crippen molar-refractivity contribution in [2.75, 3.05) is 0 Å². The first kappa shape index (κ1) is 21.6. The molecule has 2 rings (SSSR count). The van der Waals surface area contributed by atoms with Crippen molar-refractivity contribution in [1.29, 1.82) is 0 Å². The van der Waals surface area contributed by atoms with Crippen LogP contribution in [0.3, 0.4) is 0 Å². The van der Waals surface area contributed by atoms with Crippen LogP contribution in [0.1, 0.15) is 16.1 Å². The molecule has 0 spiro atoms. The number of H-pyrrole nitrogens is 1. The molecule has 1 heterocycles. The second kappa shape index (κ2) is 7.93. The number of aromatic amines is 1. The molecule has 11 heteroatoms. The fourth-order valence-electron chi connectivity index (χ4n) is 1.66. The molecule has 0 fully saturated rings. The smallest absolute Gasteiger partial charge is 0.744 e. The molecule has 8 nitrogen and oxygen atoms in total. The molecule has 22 heavy (non-hydrogen) atoms. The minimum absolute atomic E-state index is 0. The summed E-state index contributed by atoms with van der Waals surface area (Å²) in [5.74, 6) is -1.53. The molecular weight excluding hydrogens is 334 g/mol. The summed E-state index contributed by atoms with van der Waals surface area (Å²) < 4.78 is 33.3. The van der Waals surface area contributed by atoms with E-state index < -0.39 is 26.5 Å². The van der Waals surface area contributed by atoms with Crippen LogP contribution >= 0.6 is 0 Å². The quantitative estimate of drug-likeness (QED) is 0.435. The van der Waals surface area contributed by atoms with E-state index >= 15 is 0 Å². The number of carboxylic acid groups (broad SMARTS) is 1. The number of carboxylic acids is 1. The molecule has 0 atom stereocenters. The topological polar surface area (TPSA) is 135 Å². The Morgan fingerprint density at radius 1 is 1.18 bits per heavy atom. The van der Waals surface area contributed by atoms with E-state index in [9.17, 15) is 27.7 Å². The molecule has 0 saturated heterocycles. The summed E-state index contributed by atoms with van der Waals surface area (Å²) in [4.78, 5) is 22.2. The van der Waals surface area contributed by atoms with E-state index in [-0.39, 0.29) is 76.1 Å². The van der Waals surface area contributed by atoms with Crippen LogP contribution in [0, 0.1) is 6.92 Å². The Hall–Kier alpha value is -0.390. The van der Waals surface area contributed by atoms with Gasteiger partial charge in [0, 0.05) is 5.56 Å². The number of hydrogen-bond acceptors (Lipinski definition) is 6. The van der Waals surface area contributed by atoms with Crippen molar-refractivity contribution in [3.05, 3.63) is 45.9 Å². The summed E-state index contributed by atoms with van der Waals surface area (Å²) in [7, 11) is -4.58. The first-order chi connectivity index (χ1) is 9.21. The normalized spacial score (nSPS) is 10.5. The largest absolute Gasteiger partial charge is 1.00 e. The first-order valence-electron chi connectivity index (χ1n) is 5.31. The van der Waals surface area contributed by atoms with Crippen LogP contribution in [0.25, 0.3) is 5.69 Å². The van der Waals surface area contributed by atoms with Gasteiger partial charge < -0.3 is 14.5 Å². The zero-order valence-corrected chi connectivity index (χ0v) is 16.9. The van der Waals surface area contributed by atoms with Gasteiger partial charge in [-0.05, 0) is 31.2 Å². The van der Waals surface area contributed by atoms with E-state index in [1.165, 1.54) is 19.1 Å². The summed E-state index contributed by atoms with van der Waals surface area (Å²) in [6.07, 6.45) is 0. The summed E-state index contributed by atoms with van der Waals surface area (Å²) >= 11 is 0. The van der Waals surface area contributed by atoms with E-state index in [1.54, 1.807) is 0 Å². The maximum Gasteiger partial charge on any atom is 1.00 e. The minimum atomic E-state index is -4.58. The molecule has 0 aliphatic carbocycles. The molecule has 1 N–H and O–H groups in total. The van der Waals surface area contributed by atoms with Crippen LogP contribution < -0.4 is 69.8 Å².